The van der Waals surface area contributed by atoms with Crippen LogP contribution in [0.4, 0.5) is 0 Å². The second-order valence-electron chi connectivity index (χ2n) is 14.3. The molecule has 6 heteroatoms. The Hall–Kier alpha value is -4.26. The van der Waals surface area contributed by atoms with E-state index in [1.165, 1.54) is 70.6 Å². The molecule has 4 nitrogen and oxygen atoms in total. The van der Waals surface area contributed by atoms with E-state index in [1.54, 1.807) is 12.1 Å². The summed E-state index contributed by atoms with van der Waals surface area (Å²) in [5, 5.41) is 0. The number of rotatable bonds is 2. The molecule has 48 heavy (non-hydrogen) atoms. The van der Waals surface area contributed by atoms with E-state index in [9.17, 15) is 19.2 Å². The van der Waals surface area contributed by atoms with Gasteiger partial charge in [0.05, 0.1) is 0 Å². The lowest BCUT2D eigenvalue weighted by atomic mass is 9.67. The Kier molecular flexibility index (Phi) is 6.06. The molecule has 2 heterocycles. The van der Waals surface area contributed by atoms with E-state index >= 15 is 0 Å². The zero-order valence-corrected chi connectivity index (χ0v) is 28.1. The van der Waals surface area contributed by atoms with Crippen molar-refractivity contribution in [3.8, 4) is 0 Å². The van der Waals surface area contributed by atoms with Crippen LogP contribution in [-0.4, -0.2) is 23.1 Å². The van der Waals surface area contributed by atoms with Crippen molar-refractivity contribution in [2.75, 3.05) is 0 Å². The lowest BCUT2D eigenvalue weighted by molar-refractivity contribution is -0.110. The third-order valence-electron chi connectivity index (χ3n) is 12.0. The SMILES string of the molecule is O=C1C(=O)c2ccccc2/C1=C/c1cc2c(s1)C1=C(c3sc(/C=C4\C(=O)C(=O)c5ccccc54)cc3C13CCCCC3)C21CCCCC1. The van der Waals surface area contributed by atoms with Gasteiger partial charge in [0.1, 0.15) is 0 Å². The van der Waals surface area contributed by atoms with E-state index in [2.05, 4.69) is 12.1 Å². The van der Waals surface area contributed by atoms with E-state index in [1.807, 2.05) is 71.2 Å². The van der Waals surface area contributed by atoms with Gasteiger partial charge >= 0.3 is 0 Å². The van der Waals surface area contributed by atoms with Crippen LogP contribution in [0.3, 0.4) is 0 Å². The van der Waals surface area contributed by atoms with E-state index in [-0.39, 0.29) is 10.8 Å². The Labute approximate surface area is 286 Å². The first-order valence-electron chi connectivity index (χ1n) is 17.3. The molecule has 0 atom stereocenters. The Morgan fingerprint density at radius 3 is 1.25 bits per heavy atom. The summed E-state index contributed by atoms with van der Waals surface area (Å²) in [4.78, 5) is 56.9. The Morgan fingerprint density at radius 1 is 0.479 bits per heavy atom. The van der Waals surface area contributed by atoms with Gasteiger partial charge in [0.2, 0.25) is 23.1 Å². The minimum Gasteiger partial charge on any atom is -0.285 e. The fourth-order valence-corrected chi connectivity index (χ4v) is 12.6. The van der Waals surface area contributed by atoms with Crippen LogP contribution in [0.5, 0.6) is 0 Å². The summed E-state index contributed by atoms with van der Waals surface area (Å²) in [5.74, 6) is -1.63. The van der Waals surface area contributed by atoms with Gasteiger partial charge in [-0.2, -0.15) is 0 Å². The summed E-state index contributed by atoms with van der Waals surface area (Å²) >= 11 is 3.62. The smallest absolute Gasteiger partial charge is 0.234 e. The summed E-state index contributed by atoms with van der Waals surface area (Å²) < 4.78 is 0. The highest BCUT2D eigenvalue weighted by molar-refractivity contribution is 7.16. The molecule has 2 fully saturated rings. The van der Waals surface area contributed by atoms with E-state index in [0.717, 1.165) is 46.6 Å². The van der Waals surface area contributed by atoms with Crippen LogP contribution < -0.4 is 0 Å². The second kappa shape index (κ2) is 10.1. The van der Waals surface area contributed by atoms with E-state index < -0.39 is 23.1 Å². The summed E-state index contributed by atoms with van der Waals surface area (Å²) in [6.45, 7) is 0. The van der Waals surface area contributed by atoms with Crippen molar-refractivity contribution in [3.63, 3.8) is 0 Å². The summed E-state index contributed by atoms with van der Waals surface area (Å²) in [5.41, 5.74) is 9.28. The number of thiophene rings is 2. The highest BCUT2D eigenvalue weighted by Crippen LogP contribution is 2.71. The molecule has 0 radical (unpaired) electrons. The summed E-state index contributed by atoms with van der Waals surface area (Å²) in [6, 6.07) is 19.4. The van der Waals surface area contributed by atoms with Crippen molar-refractivity contribution in [1.29, 1.82) is 0 Å². The third-order valence-corrected chi connectivity index (χ3v) is 14.2. The van der Waals surface area contributed by atoms with Crippen LogP contribution in [0.2, 0.25) is 0 Å². The van der Waals surface area contributed by atoms with Crippen LogP contribution in [-0.2, 0) is 20.4 Å². The lowest BCUT2D eigenvalue weighted by Gasteiger charge is -2.37. The van der Waals surface area contributed by atoms with E-state index in [0.29, 0.717) is 22.3 Å². The van der Waals surface area contributed by atoms with Gasteiger partial charge < -0.3 is 0 Å². The predicted octanol–water partition coefficient (Wildman–Crippen LogP) is 9.76. The fourth-order valence-electron chi connectivity index (χ4n) is 9.94. The highest BCUT2D eigenvalue weighted by atomic mass is 32.1. The molecule has 6 aliphatic carbocycles. The van der Waals surface area contributed by atoms with Crippen molar-refractivity contribution in [2.24, 2.45) is 0 Å². The minimum absolute atomic E-state index is 0.0692. The quantitative estimate of drug-likeness (QED) is 0.158. The number of allylic oxidation sites excluding steroid dienone is 4. The summed E-state index contributed by atoms with van der Waals surface area (Å²) in [6.07, 6.45) is 15.6. The monoisotopic (exact) mass is 664 g/mol. The first-order valence-corrected chi connectivity index (χ1v) is 18.9. The molecule has 10 rings (SSSR count). The van der Waals surface area contributed by atoms with Gasteiger partial charge in [-0.3, -0.25) is 19.2 Å². The van der Waals surface area contributed by atoms with Crippen molar-refractivity contribution < 1.29 is 19.2 Å². The zero-order chi connectivity index (χ0) is 32.4. The molecule has 0 N–H and O–H groups in total. The molecule has 2 aromatic carbocycles. The first-order chi connectivity index (χ1) is 23.4. The van der Waals surface area contributed by atoms with Crippen LogP contribution in [0, 0.1) is 0 Å². The van der Waals surface area contributed by atoms with Crippen molar-refractivity contribution in [2.45, 2.75) is 75.0 Å². The number of fused-ring (bicyclic) bond motifs is 10. The molecule has 0 saturated heterocycles. The van der Waals surface area contributed by atoms with Crippen molar-refractivity contribution in [1.82, 2.24) is 0 Å². The van der Waals surface area contributed by atoms with Crippen LogP contribution in [0.15, 0.2) is 60.7 Å². The number of hydrogen-bond donors (Lipinski definition) is 0. The number of ketones is 4. The van der Waals surface area contributed by atoms with Gasteiger partial charge in [-0.05, 0) is 83.4 Å². The molecule has 6 aliphatic rings. The average Bonchev–Trinajstić information content (AvgIpc) is 3.93. The highest BCUT2D eigenvalue weighted by Gasteiger charge is 2.58. The average molecular weight is 665 g/mol. The maximum absolute atomic E-state index is 13.2. The number of Topliss-reactive ketones (excluding diaryl/α,β-unsaturated/α-hetero) is 4. The Balaban J connectivity index is 1.16. The van der Waals surface area contributed by atoms with Gasteiger partial charge in [0.15, 0.2) is 0 Å². The number of hydrogen-bond acceptors (Lipinski definition) is 6. The maximum atomic E-state index is 13.2. The molecule has 2 aromatic heterocycles. The van der Waals surface area contributed by atoms with Crippen LogP contribution in [0.25, 0.3) is 34.4 Å². The van der Waals surface area contributed by atoms with Gasteiger partial charge in [0, 0.05) is 52.6 Å². The maximum Gasteiger partial charge on any atom is 0.234 e. The molecule has 236 valence electrons. The van der Waals surface area contributed by atoms with Gasteiger partial charge in [-0.1, -0.05) is 87.1 Å². The van der Waals surface area contributed by atoms with Gasteiger partial charge in [-0.15, -0.1) is 22.7 Å². The molecular weight excluding hydrogens is 633 g/mol. The molecule has 0 unspecified atom stereocenters. The molecule has 2 spiro atoms. The molecule has 0 aliphatic heterocycles. The normalized spacial score (nSPS) is 23.1. The van der Waals surface area contributed by atoms with Crippen molar-refractivity contribution in [3.05, 3.63) is 114 Å². The largest absolute Gasteiger partial charge is 0.285 e. The van der Waals surface area contributed by atoms with Crippen LogP contribution >= 0.6 is 22.7 Å². The fraction of sp³-hybridized carbons (Fsp3) is 0.286. The number of carbonyl (C=O) groups is 4. The van der Waals surface area contributed by atoms with Gasteiger partial charge in [-0.25, -0.2) is 0 Å². The zero-order valence-electron chi connectivity index (χ0n) is 26.4. The Morgan fingerprint density at radius 2 is 0.854 bits per heavy atom. The summed E-state index contributed by atoms with van der Waals surface area (Å²) in [7, 11) is 0. The standard InChI is InChI=1S/C42H32O4S2/c43-35-27-13-5-3-11-25(27)29(37(35)45)19-23-21-31-39(47-23)34-33(41(31)15-7-1-8-16-41)40-32(42(34)17-9-2-10-18-42)22-24(48-40)20-30-26-12-4-6-14-28(26)36(44)38(30)46/h3-6,11-14,19-22H,1-2,7-10,15-18H2/b29-19-,30-20-. The van der Waals surface area contributed by atoms with E-state index in [4.69, 9.17) is 0 Å². The topological polar surface area (TPSA) is 68.3 Å². The molecule has 4 aromatic rings. The number of carbonyl (C=O) groups excluding carboxylic acids is 4. The predicted molar refractivity (Wildman–Crippen MR) is 192 cm³/mol. The second-order valence-corrected chi connectivity index (χ2v) is 16.5. The Bertz CT molecular complexity index is 2110. The minimum atomic E-state index is -0.408. The van der Waals surface area contributed by atoms with Crippen LogP contribution in [0.1, 0.15) is 127 Å². The molecule has 0 amide bonds. The number of benzene rings is 2. The third kappa shape index (κ3) is 3.65. The first kappa shape index (κ1) is 28.7. The molecular formula is C42H32O4S2. The lowest BCUT2D eigenvalue weighted by Crippen LogP contribution is -2.28. The van der Waals surface area contributed by atoms with Crippen molar-refractivity contribution >= 4 is 80.3 Å². The molecule has 0 bridgehead atoms. The molecule has 2 saturated carbocycles. The van der Waals surface area contributed by atoms with Gasteiger partial charge in [0.25, 0.3) is 0 Å².